The topological polar surface area (TPSA) is 37.3 Å². The fourth-order valence-corrected chi connectivity index (χ4v) is 11.3. The lowest BCUT2D eigenvalue weighted by molar-refractivity contribution is -0.263. The van der Waals surface area contributed by atoms with E-state index in [9.17, 15) is 9.90 Å². The molecule has 0 unspecified atom stereocenters. The van der Waals surface area contributed by atoms with Gasteiger partial charge in [-0.15, -0.1) is 0 Å². The molecule has 2 nitrogen and oxygen atoms in total. The third kappa shape index (κ3) is 2.71. The van der Waals surface area contributed by atoms with Crippen molar-refractivity contribution in [2.75, 3.05) is 6.61 Å². The summed E-state index contributed by atoms with van der Waals surface area (Å²) in [4.78, 5) is 12.7. The van der Waals surface area contributed by atoms with E-state index in [0.717, 1.165) is 18.8 Å². The summed E-state index contributed by atoms with van der Waals surface area (Å²) >= 11 is 0. The van der Waals surface area contributed by atoms with E-state index in [-0.39, 0.29) is 16.7 Å². The van der Waals surface area contributed by atoms with Crippen LogP contribution in [0.3, 0.4) is 0 Å². The summed E-state index contributed by atoms with van der Waals surface area (Å²) in [6.45, 7) is 18.0. The summed E-state index contributed by atoms with van der Waals surface area (Å²) in [7, 11) is 0. The first-order valence-corrected chi connectivity index (χ1v) is 13.9. The van der Waals surface area contributed by atoms with Gasteiger partial charge in [-0.3, -0.25) is 4.79 Å². The molecule has 5 aliphatic carbocycles. The van der Waals surface area contributed by atoms with E-state index in [4.69, 9.17) is 0 Å². The van der Waals surface area contributed by atoms with Crippen LogP contribution >= 0.6 is 0 Å². The Morgan fingerprint density at radius 1 is 0.750 bits per heavy atom. The van der Waals surface area contributed by atoms with Crippen molar-refractivity contribution in [3.05, 3.63) is 0 Å². The maximum Gasteiger partial charge on any atom is 0.136 e. The highest BCUT2D eigenvalue weighted by molar-refractivity contribution is 5.82. The Morgan fingerprint density at radius 2 is 1.38 bits per heavy atom. The van der Waals surface area contributed by atoms with Gasteiger partial charge in [0.1, 0.15) is 5.78 Å². The molecule has 182 valence electrons. The zero-order chi connectivity index (χ0) is 23.4. The molecule has 9 atom stereocenters. The van der Waals surface area contributed by atoms with E-state index >= 15 is 0 Å². The molecule has 1 N–H and O–H groups in total. The van der Waals surface area contributed by atoms with Crippen molar-refractivity contribution < 1.29 is 9.90 Å². The highest BCUT2D eigenvalue weighted by Crippen LogP contribution is 2.78. The van der Waals surface area contributed by atoms with Gasteiger partial charge in [-0.1, -0.05) is 48.5 Å². The molecule has 2 heteroatoms. The number of fused-ring (bicyclic) bond motifs is 7. The number of ketones is 1. The van der Waals surface area contributed by atoms with Crippen molar-refractivity contribution in [1.82, 2.24) is 0 Å². The van der Waals surface area contributed by atoms with Crippen molar-refractivity contribution in [3.8, 4) is 0 Å². The molecule has 5 saturated carbocycles. The lowest BCUT2D eigenvalue weighted by Crippen LogP contribution is -2.68. The van der Waals surface area contributed by atoms with Crippen LogP contribution < -0.4 is 0 Å². The quantitative estimate of drug-likeness (QED) is 0.458. The molecule has 5 fully saturated rings. The van der Waals surface area contributed by atoms with Gasteiger partial charge in [-0.2, -0.15) is 0 Å². The van der Waals surface area contributed by atoms with Crippen LogP contribution in [0.4, 0.5) is 0 Å². The van der Waals surface area contributed by atoms with Gasteiger partial charge in [0, 0.05) is 18.9 Å². The molecule has 0 bridgehead atoms. The Balaban J connectivity index is 1.55. The Kier molecular flexibility index (Phi) is 5.01. The lowest BCUT2D eigenvalue weighted by Gasteiger charge is -2.75. The molecule has 0 aromatic heterocycles. The number of aliphatic hydroxyl groups is 1. The number of carbonyl (C=O) groups excluding carboxylic acids is 1. The molecule has 5 aliphatic rings. The summed E-state index contributed by atoms with van der Waals surface area (Å²) in [6.07, 6.45) is 13.4. The fourth-order valence-electron chi connectivity index (χ4n) is 11.3. The molecule has 0 spiro atoms. The first kappa shape index (κ1) is 23.4. The first-order valence-electron chi connectivity index (χ1n) is 13.9. The van der Waals surface area contributed by atoms with Crippen LogP contribution in [0.1, 0.15) is 119 Å². The number of Topliss-reactive ketones (excluding diaryl/α,β-unsaturated/α-hetero) is 1. The third-order valence-corrected chi connectivity index (χ3v) is 13.8. The number of carbonyl (C=O) groups is 1. The first-order chi connectivity index (χ1) is 14.8. The highest BCUT2D eigenvalue weighted by atomic mass is 16.3. The average Bonchev–Trinajstić information content (AvgIpc) is 2.73. The fraction of sp³-hybridized carbons (Fsp3) is 0.967. The molecule has 0 saturated heterocycles. The van der Waals surface area contributed by atoms with Crippen molar-refractivity contribution in [2.24, 2.45) is 56.2 Å². The van der Waals surface area contributed by atoms with Gasteiger partial charge in [0.05, 0.1) is 0 Å². The van der Waals surface area contributed by atoms with E-state index in [2.05, 4.69) is 48.5 Å². The standard InChI is InChI=1S/C30H50O2/c1-20-21(32)8-9-22-26(20,4)11-10-23-27(22,5)13-14-29(7)24-18-25(2,3)12-16-30(24,19-31)17-15-28(23,29)6/h20,22-24,31H,8-19H2,1-7H3/t20-,22-,23-,24-,26-,27-,28+,29-,30+/m0/s1. The van der Waals surface area contributed by atoms with Gasteiger partial charge in [0.25, 0.3) is 0 Å². The Hall–Kier alpha value is -0.370. The Labute approximate surface area is 197 Å². The zero-order valence-electron chi connectivity index (χ0n) is 22.2. The van der Waals surface area contributed by atoms with Crippen molar-refractivity contribution in [1.29, 1.82) is 0 Å². The van der Waals surface area contributed by atoms with Crippen LogP contribution in [-0.2, 0) is 4.79 Å². The van der Waals surface area contributed by atoms with Crippen molar-refractivity contribution in [2.45, 2.75) is 119 Å². The molecule has 0 aliphatic heterocycles. The van der Waals surface area contributed by atoms with E-state index in [1.165, 1.54) is 57.8 Å². The smallest absolute Gasteiger partial charge is 0.136 e. The molecular weight excluding hydrogens is 392 g/mol. The van der Waals surface area contributed by atoms with Gasteiger partial charge < -0.3 is 5.11 Å². The molecular formula is C30H50O2. The molecule has 0 radical (unpaired) electrons. The minimum Gasteiger partial charge on any atom is -0.396 e. The minimum absolute atomic E-state index is 0.159. The van der Waals surface area contributed by atoms with Gasteiger partial charge in [-0.25, -0.2) is 0 Å². The van der Waals surface area contributed by atoms with Crippen molar-refractivity contribution >= 4 is 5.78 Å². The van der Waals surface area contributed by atoms with Gasteiger partial charge in [0.15, 0.2) is 0 Å². The van der Waals surface area contributed by atoms with E-state index < -0.39 is 0 Å². The molecule has 32 heavy (non-hydrogen) atoms. The monoisotopic (exact) mass is 442 g/mol. The molecule has 5 rings (SSSR count). The lowest BCUT2D eigenvalue weighted by atomic mass is 9.30. The number of hydrogen-bond acceptors (Lipinski definition) is 2. The van der Waals surface area contributed by atoms with E-state index in [0.29, 0.717) is 45.9 Å². The number of hydrogen-bond donors (Lipinski definition) is 1. The Bertz CT molecular complexity index is 801. The maximum absolute atomic E-state index is 12.7. The normalized spacial score (nSPS) is 57.1. The predicted octanol–water partition coefficient (Wildman–Crippen LogP) is 7.43. The minimum atomic E-state index is 0.159. The van der Waals surface area contributed by atoms with Crippen molar-refractivity contribution in [3.63, 3.8) is 0 Å². The number of aliphatic hydroxyl groups excluding tert-OH is 1. The largest absolute Gasteiger partial charge is 0.396 e. The summed E-state index contributed by atoms with van der Waals surface area (Å²) in [6, 6.07) is 0. The molecule has 0 aromatic rings. The second-order valence-corrected chi connectivity index (χ2v) is 15.2. The van der Waals surface area contributed by atoms with Gasteiger partial charge in [0.2, 0.25) is 0 Å². The van der Waals surface area contributed by atoms with Gasteiger partial charge >= 0.3 is 0 Å². The van der Waals surface area contributed by atoms with E-state index in [1.54, 1.807) is 0 Å². The second-order valence-electron chi connectivity index (χ2n) is 15.2. The van der Waals surface area contributed by atoms with Crippen LogP contribution in [0.15, 0.2) is 0 Å². The molecule has 0 heterocycles. The zero-order valence-corrected chi connectivity index (χ0v) is 22.2. The summed E-state index contributed by atoms with van der Waals surface area (Å²) < 4.78 is 0. The van der Waals surface area contributed by atoms with Crippen LogP contribution in [-0.4, -0.2) is 17.5 Å². The molecule has 0 aromatic carbocycles. The van der Waals surface area contributed by atoms with Gasteiger partial charge in [-0.05, 0) is 114 Å². The Morgan fingerprint density at radius 3 is 2.06 bits per heavy atom. The second kappa shape index (κ2) is 6.86. The highest BCUT2D eigenvalue weighted by Gasteiger charge is 2.71. The van der Waals surface area contributed by atoms with Crippen LogP contribution in [0.5, 0.6) is 0 Å². The SMILES string of the molecule is C[C@H]1C(=O)CC[C@@H]2[C@]3(C)CC[C@@]4(C)[C@@H]5CC(C)(C)CC[C@]5(CO)CC[C@]4(C)[C@H]3CC[C@]21C. The average molecular weight is 443 g/mol. The van der Waals surface area contributed by atoms with E-state index in [1.807, 2.05) is 0 Å². The molecule has 0 amide bonds. The predicted molar refractivity (Wildman–Crippen MR) is 131 cm³/mol. The van der Waals surface area contributed by atoms with Crippen LogP contribution in [0.25, 0.3) is 0 Å². The summed E-state index contributed by atoms with van der Waals surface area (Å²) in [5.41, 5.74) is 1.78. The van der Waals surface area contributed by atoms with Crippen LogP contribution in [0.2, 0.25) is 0 Å². The van der Waals surface area contributed by atoms with Crippen LogP contribution in [0, 0.1) is 56.2 Å². The summed E-state index contributed by atoms with van der Waals surface area (Å²) in [5, 5.41) is 10.7. The number of rotatable bonds is 1. The summed E-state index contributed by atoms with van der Waals surface area (Å²) in [5.74, 6) is 2.84. The maximum atomic E-state index is 12.7. The third-order valence-electron chi connectivity index (χ3n) is 13.8.